The summed E-state index contributed by atoms with van der Waals surface area (Å²) >= 11 is 0. The van der Waals surface area contributed by atoms with Crippen LogP contribution in [0.5, 0.6) is 5.75 Å². The van der Waals surface area contributed by atoms with E-state index >= 15 is 0 Å². The number of carbonyl (C=O) groups excluding carboxylic acids is 1. The minimum Gasteiger partial charge on any atom is -0.495 e. The summed E-state index contributed by atoms with van der Waals surface area (Å²) in [5.41, 5.74) is 5.13. The van der Waals surface area contributed by atoms with Crippen molar-refractivity contribution in [2.45, 2.75) is 32.2 Å². The molecule has 0 saturated carbocycles. The second-order valence-corrected chi connectivity index (χ2v) is 5.49. The minimum atomic E-state index is 0.196. The van der Waals surface area contributed by atoms with Gasteiger partial charge in [0.05, 0.1) is 19.3 Å². The Kier molecular flexibility index (Phi) is 3.16. The van der Waals surface area contributed by atoms with E-state index in [1.54, 1.807) is 12.0 Å². The van der Waals surface area contributed by atoms with Gasteiger partial charge < -0.3 is 14.0 Å². The van der Waals surface area contributed by atoms with Crippen LogP contribution < -0.4 is 4.74 Å². The molecule has 106 valence electrons. The van der Waals surface area contributed by atoms with E-state index in [0.717, 1.165) is 31.4 Å². The van der Waals surface area contributed by atoms with Gasteiger partial charge in [-0.05, 0) is 49.4 Å². The molecule has 1 amide bonds. The fraction of sp³-hybridized carbons (Fsp3) is 0.438. The van der Waals surface area contributed by atoms with Crippen molar-refractivity contribution >= 4 is 11.9 Å². The van der Waals surface area contributed by atoms with Crippen LogP contribution in [0.25, 0.3) is 5.52 Å². The van der Waals surface area contributed by atoms with Gasteiger partial charge >= 0.3 is 0 Å². The number of pyridine rings is 1. The van der Waals surface area contributed by atoms with Gasteiger partial charge in [-0.15, -0.1) is 0 Å². The van der Waals surface area contributed by atoms with Crippen molar-refractivity contribution in [3.8, 4) is 5.75 Å². The van der Waals surface area contributed by atoms with E-state index in [4.69, 9.17) is 4.74 Å². The zero-order valence-corrected chi connectivity index (χ0v) is 12.2. The first-order valence-corrected chi connectivity index (χ1v) is 7.02. The van der Waals surface area contributed by atoms with E-state index in [2.05, 4.69) is 17.4 Å². The summed E-state index contributed by atoms with van der Waals surface area (Å²) in [6.07, 6.45) is 6.18. The van der Waals surface area contributed by atoms with Gasteiger partial charge in [0.2, 0.25) is 6.41 Å². The molecule has 0 spiro atoms. The first-order chi connectivity index (χ1) is 9.67. The molecule has 0 aliphatic heterocycles. The summed E-state index contributed by atoms with van der Waals surface area (Å²) in [4.78, 5) is 12.9. The van der Waals surface area contributed by atoms with Gasteiger partial charge in [-0.1, -0.05) is 0 Å². The lowest BCUT2D eigenvalue weighted by Crippen LogP contribution is -2.26. The van der Waals surface area contributed by atoms with Crippen LogP contribution in [0.4, 0.5) is 0 Å². The molecule has 0 aromatic carbocycles. The zero-order valence-electron chi connectivity index (χ0n) is 12.2. The molecule has 4 nitrogen and oxygen atoms in total. The lowest BCUT2D eigenvalue weighted by Gasteiger charge is -2.29. The summed E-state index contributed by atoms with van der Waals surface area (Å²) in [6, 6.07) is 4.29. The molecule has 0 N–H and O–H groups in total. The molecular weight excluding hydrogens is 252 g/mol. The average molecular weight is 272 g/mol. The molecule has 4 heteroatoms. The summed E-state index contributed by atoms with van der Waals surface area (Å²) in [7, 11) is 3.56. The van der Waals surface area contributed by atoms with Gasteiger partial charge in [-0.2, -0.15) is 0 Å². The predicted octanol–water partition coefficient (Wildman–Crippen LogP) is 2.72. The molecule has 20 heavy (non-hydrogen) atoms. The fourth-order valence-corrected chi connectivity index (χ4v) is 3.40. The maximum absolute atomic E-state index is 11.1. The number of hydrogen-bond acceptors (Lipinski definition) is 2. The second kappa shape index (κ2) is 4.85. The largest absolute Gasteiger partial charge is 0.495 e. The highest BCUT2D eigenvalue weighted by Crippen LogP contribution is 2.39. The number of ether oxygens (including phenoxy) is 1. The third-order valence-corrected chi connectivity index (χ3v) is 4.43. The van der Waals surface area contributed by atoms with Gasteiger partial charge in [0.1, 0.15) is 5.75 Å². The van der Waals surface area contributed by atoms with Crippen LogP contribution in [0.1, 0.15) is 35.7 Å². The highest BCUT2D eigenvalue weighted by Gasteiger charge is 2.28. The monoisotopic (exact) mass is 272 g/mol. The average Bonchev–Trinajstić information content (AvgIpc) is 2.79. The van der Waals surface area contributed by atoms with Crippen molar-refractivity contribution < 1.29 is 9.53 Å². The van der Waals surface area contributed by atoms with E-state index in [0.29, 0.717) is 0 Å². The topological polar surface area (TPSA) is 34.0 Å². The second-order valence-electron chi connectivity index (χ2n) is 5.49. The number of rotatable bonds is 3. The molecule has 2 aromatic heterocycles. The Morgan fingerprint density at radius 2 is 2.25 bits per heavy atom. The highest BCUT2D eigenvalue weighted by molar-refractivity contribution is 5.64. The molecule has 0 fully saturated rings. The van der Waals surface area contributed by atoms with Crippen LogP contribution in [0.2, 0.25) is 0 Å². The smallest absolute Gasteiger partial charge is 0.209 e. The molecule has 2 heterocycles. The van der Waals surface area contributed by atoms with Crippen molar-refractivity contribution in [3.63, 3.8) is 0 Å². The Labute approximate surface area is 118 Å². The number of fused-ring (bicyclic) bond motifs is 3. The molecule has 1 atom stereocenters. The number of carbonyl (C=O) groups is 1. The minimum absolute atomic E-state index is 0.196. The SMILES string of the molecule is COc1ccc2c(C)c3c(n2c1)CCCC3N(C)C=O. The molecule has 1 aliphatic rings. The maximum atomic E-state index is 11.1. The highest BCUT2D eigenvalue weighted by atomic mass is 16.5. The van der Waals surface area contributed by atoms with Crippen LogP contribution in [-0.2, 0) is 11.2 Å². The van der Waals surface area contributed by atoms with Gasteiger partial charge in [-0.3, -0.25) is 4.79 Å². The quantitative estimate of drug-likeness (QED) is 0.805. The Bertz CT molecular complexity index is 660. The van der Waals surface area contributed by atoms with Crippen molar-refractivity contribution in [2.24, 2.45) is 0 Å². The Morgan fingerprint density at radius 1 is 1.45 bits per heavy atom. The Morgan fingerprint density at radius 3 is 2.95 bits per heavy atom. The summed E-state index contributed by atoms with van der Waals surface area (Å²) in [6.45, 7) is 2.15. The van der Waals surface area contributed by atoms with Gasteiger partial charge in [0.15, 0.2) is 0 Å². The van der Waals surface area contributed by atoms with E-state index in [-0.39, 0.29) is 6.04 Å². The maximum Gasteiger partial charge on any atom is 0.209 e. The van der Waals surface area contributed by atoms with Crippen molar-refractivity contribution in [2.75, 3.05) is 14.2 Å². The summed E-state index contributed by atoms with van der Waals surface area (Å²) < 4.78 is 7.56. The first kappa shape index (κ1) is 13.0. The first-order valence-electron chi connectivity index (χ1n) is 7.02. The van der Waals surface area contributed by atoms with E-state index in [1.807, 2.05) is 19.3 Å². The third-order valence-electron chi connectivity index (χ3n) is 4.43. The van der Waals surface area contributed by atoms with Crippen LogP contribution in [0.15, 0.2) is 18.3 Å². The van der Waals surface area contributed by atoms with Crippen LogP contribution in [0.3, 0.4) is 0 Å². The van der Waals surface area contributed by atoms with E-state index in [9.17, 15) is 4.79 Å². The number of amides is 1. The van der Waals surface area contributed by atoms with Crippen LogP contribution in [-0.4, -0.2) is 29.9 Å². The lowest BCUT2D eigenvalue weighted by molar-refractivity contribution is -0.119. The molecule has 2 aromatic rings. The normalized spacial score (nSPS) is 17.9. The van der Waals surface area contributed by atoms with Gasteiger partial charge in [-0.25, -0.2) is 0 Å². The molecule has 1 unspecified atom stereocenters. The lowest BCUT2D eigenvalue weighted by atomic mass is 9.89. The van der Waals surface area contributed by atoms with Crippen LogP contribution >= 0.6 is 0 Å². The standard InChI is InChI=1S/C16H20N2O2/c1-11-13-8-7-12(20-3)9-18(13)15-6-4-5-14(16(11)15)17(2)10-19/h7-10,14H,4-6H2,1-3H3. The number of nitrogens with zero attached hydrogens (tertiary/aromatic N) is 2. The van der Waals surface area contributed by atoms with Gasteiger partial charge in [0.25, 0.3) is 0 Å². The van der Waals surface area contributed by atoms with Crippen molar-refractivity contribution in [3.05, 3.63) is 35.2 Å². The molecule has 0 radical (unpaired) electrons. The van der Waals surface area contributed by atoms with Crippen molar-refractivity contribution in [1.29, 1.82) is 0 Å². The Hall–Kier alpha value is -1.97. The Balaban J connectivity index is 2.24. The van der Waals surface area contributed by atoms with E-state index < -0.39 is 0 Å². The van der Waals surface area contributed by atoms with E-state index in [1.165, 1.54) is 22.3 Å². The summed E-state index contributed by atoms with van der Waals surface area (Å²) in [5, 5.41) is 0. The molecule has 0 bridgehead atoms. The molecule has 3 rings (SSSR count). The molecular formula is C16H20N2O2. The third kappa shape index (κ3) is 1.79. The predicted molar refractivity (Wildman–Crippen MR) is 78.2 cm³/mol. The number of methoxy groups -OCH3 is 1. The number of aromatic nitrogens is 1. The number of aryl methyl sites for hydroxylation is 2. The summed E-state index contributed by atoms with van der Waals surface area (Å²) in [5.74, 6) is 0.862. The van der Waals surface area contributed by atoms with Gasteiger partial charge in [0, 0.05) is 18.3 Å². The molecule has 0 saturated heterocycles. The van der Waals surface area contributed by atoms with Crippen LogP contribution in [0, 0.1) is 6.92 Å². The fourth-order valence-electron chi connectivity index (χ4n) is 3.40. The van der Waals surface area contributed by atoms with Crippen molar-refractivity contribution in [1.82, 2.24) is 9.30 Å². The number of hydrogen-bond donors (Lipinski definition) is 0. The zero-order chi connectivity index (χ0) is 14.3. The molecule has 1 aliphatic carbocycles.